The van der Waals surface area contributed by atoms with Crippen LogP contribution < -0.4 is 0 Å². The van der Waals surface area contributed by atoms with Crippen molar-refractivity contribution < 1.29 is 18.0 Å². The minimum absolute atomic E-state index is 0.300. The van der Waals surface area contributed by atoms with E-state index in [4.69, 9.17) is 4.42 Å². The fourth-order valence-electron chi connectivity index (χ4n) is 3.34. The average Bonchev–Trinajstić information content (AvgIpc) is 3.12. The number of hydrogen-bond donors (Lipinski definition) is 0. The first-order valence-electron chi connectivity index (χ1n) is 7.88. The molecular formula is C16H18F2N4O2. The molecule has 8 heteroatoms. The standard InChI is InChI=1S/C16H18F2N4O2/c1-11-2-3-13(24-11)7-20-6-12-4-5-19-22(12)14(8-20)15(23)21-9-16(17,18)10-21/h2-5,14H,6-10H2,1H3. The third-order valence-electron chi connectivity index (χ3n) is 4.48. The maximum atomic E-state index is 13.1. The summed E-state index contributed by atoms with van der Waals surface area (Å²) in [6.45, 7) is 2.51. The number of alkyl halides is 2. The monoisotopic (exact) mass is 336 g/mol. The number of carbonyl (C=O) groups is 1. The summed E-state index contributed by atoms with van der Waals surface area (Å²) in [5.74, 6) is -1.40. The van der Waals surface area contributed by atoms with E-state index in [1.54, 1.807) is 10.9 Å². The zero-order valence-electron chi connectivity index (χ0n) is 13.3. The number of likely N-dealkylation sites (tertiary alicyclic amines) is 1. The largest absolute Gasteiger partial charge is 0.465 e. The number of nitrogens with zero attached hydrogens (tertiary/aromatic N) is 4. The van der Waals surface area contributed by atoms with Gasteiger partial charge in [0, 0.05) is 19.3 Å². The van der Waals surface area contributed by atoms with Gasteiger partial charge in [-0.25, -0.2) is 8.78 Å². The van der Waals surface area contributed by atoms with Gasteiger partial charge in [-0.05, 0) is 25.1 Å². The van der Waals surface area contributed by atoms with E-state index >= 15 is 0 Å². The van der Waals surface area contributed by atoms with Crippen molar-refractivity contribution >= 4 is 5.91 Å². The Bertz CT molecular complexity index is 762. The summed E-state index contributed by atoms with van der Waals surface area (Å²) in [5, 5.41) is 4.21. The van der Waals surface area contributed by atoms with Crippen LogP contribution in [-0.2, 0) is 17.9 Å². The van der Waals surface area contributed by atoms with Crippen molar-refractivity contribution in [2.24, 2.45) is 0 Å². The first-order chi connectivity index (χ1) is 11.4. The Morgan fingerprint density at radius 1 is 1.38 bits per heavy atom. The second-order valence-corrected chi connectivity index (χ2v) is 6.52. The first-order valence-corrected chi connectivity index (χ1v) is 7.88. The number of carbonyl (C=O) groups excluding carboxylic acids is 1. The maximum Gasteiger partial charge on any atom is 0.282 e. The Hall–Kier alpha value is -2.22. The Morgan fingerprint density at radius 2 is 2.17 bits per heavy atom. The third-order valence-corrected chi connectivity index (χ3v) is 4.48. The van der Waals surface area contributed by atoms with Gasteiger partial charge in [0.1, 0.15) is 17.6 Å². The highest BCUT2D eigenvalue weighted by atomic mass is 19.3. The van der Waals surface area contributed by atoms with Gasteiger partial charge < -0.3 is 9.32 Å². The van der Waals surface area contributed by atoms with E-state index in [1.165, 1.54) is 4.90 Å². The van der Waals surface area contributed by atoms with Crippen LogP contribution in [0.5, 0.6) is 0 Å². The molecule has 2 aromatic heterocycles. The molecule has 0 spiro atoms. The number of fused-ring (bicyclic) bond motifs is 1. The molecule has 24 heavy (non-hydrogen) atoms. The van der Waals surface area contributed by atoms with Crippen molar-refractivity contribution in [2.45, 2.75) is 32.0 Å². The van der Waals surface area contributed by atoms with Crippen molar-refractivity contribution in [1.82, 2.24) is 19.6 Å². The number of rotatable bonds is 3. The zero-order chi connectivity index (χ0) is 16.9. The van der Waals surface area contributed by atoms with Gasteiger partial charge in [-0.2, -0.15) is 5.10 Å². The summed E-state index contributed by atoms with van der Waals surface area (Å²) in [6.07, 6.45) is 1.64. The van der Waals surface area contributed by atoms with Crippen LogP contribution in [0.1, 0.15) is 23.3 Å². The molecule has 1 amide bonds. The molecule has 1 saturated heterocycles. The molecule has 4 heterocycles. The van der Waals surface area contributed by atoms with Crippen LogP contribution in [0.3, 0.4) is 0 Å². The van der Waals surface area contributed by atoms with Crippen LogP contribution in [0.2, 0.25) is 0 Å². The van der Waals surface area contributed by atoms with Crippen molar-refractivity contribution in [3.8, 4) is 0 Å². The normalized spacial score (nSPS) is 23.0. The molecular weight excluding hydrogens is 318 g/mol. The van der Waals surface area contributed by atoms with E-state index in [9.17, 15) is 13.6 Å². The first kappa shape index (κ1) is 15.3. The van der Waals surface area contributed by atoms with Gasteiger partial charge in [0.2, 0.25) is 5.91 Å². The molecule has 0 N–H and O–H groups in total. The molecule has 1 fully saturated rings. The van der Waals surface area contributed by atoms with Gasteiger partial charge >= 0.3 is 0 Å². The molecule has 1 unspecified atom stereocenters. The Labute approximate surface area is 137 Å². The number of furan rings is 1. The van der Waals surface area contributed by atoms with Crippen molar-refractivity contribution in [2.75, 3.05) is 19.6 Å². The molecule has 2 aromatic rings. The lowest BCUT2D eigenvalue weighted by atomic mass is 10.1. The second-order valence-electron chi connectivity index (χ2n) is 6.52. The highest BCUT2D eigenvalue weighted by molar-refractivity contribution is 5.82. The maximum absolute atomic E-state index is 13.1. The van der Waals surface area contributed by atoms with E-state index in [2.05, 4.69) is 10.00 Å². The molecule has 0 saturated carbocycles. The molecule has 2 aliphatic rings. The minimum atomic E-state index is -2.76. The fourth-order valence-corrected chi connectivity index (χ4v) is 3.34. The number of amides is 1. The fraction of sp³-hybridized carbons (Fsp3) is 0.500. The Morgan fingerprint density at radius 3 is 2.83 bits per heavy atom. The molecule has 0 aromatic carbocycles. The smallest absolute Gasteiger partial charge is 0.282 e. The number of hydrogen-bond acceptors (Lipinski definition) is 4. The van der Waals surface area contributed by atoms with E-state index < -0.39 is 25.1 Å². The average molecular weight is 336 g/mol. The van der Waals surface area contributed by atoms with Gasteiger partial charge in [-0.3, -0.25) is 14.4 Å². The summed E-state index contributed by atoms with van der Waals surface area (Å²) in [7, 11) is 0. The highest BCUT2D eigenvalue weighted by Gasteiger charge is 2.48. The number of aryl methyl sites for hydroxylation is 1. The van der Waals surface area contributed by atoms with Crippen molar-refractivity contribution in [1.29, 1.82) is 0 Å². The van der Waals surface area contributed by atoms with Crippen LogP contribution in [-0.4, -0.2) is 51.0 Å². The van der Waals surface area contributed by atoms with Crippen LogP contribution in [0.25, 0.3) is 0 Å². The van der Waals surface area contributed by atoms with E-state index in [0.717, 1.165) is 17.2 Å². The van der Waals surface area contributed by atoms with Crippen LogP contribution in [0.15, 0.2) is 28.8 Å². The van der Waals surface area contributed by atoms with Crippen molar-refractivity contribution in [3.63, 3.8) is 0 Å². The van der Waals surface area contributed by atoms with E-state index in [-0.39, 0.29) is 5.91 Å². The SMILES string of the molecule is Cc1ccc(CN2Cc3ccnn3C(C(=O)N3CC(F)(F)C3)C2)o1. The topological polar surface area (TPSA) is 54.5 Å². The summed E-state index contributed by atoms with van der Waals surface area (Å²) in [4.78, 5) is 15.9. The summed E-state index contributed by atoms with van der Waals surface area (Å²) in [5.41, 5.74) is 0.898. The van der Waals surface area contributed by atoms with Crippen molar-refractivity contribution in [3.05, 3.63) is 41.6 Å². The van der Waals surface area contributed by atoms with Gasteiger partial charge in [0.15, 0.2) is 0 Å². The highest BCUT2D eigenvalue weighted by Crippen LogP contribution is 2.31. The van der Waals surface area contributed by atoms with Gasteiger partial charge in [0.25, 0.3) is 5.92 Å². The summed E-state index contributed by atoms with van der Waals surface area (Å²) < 4.78 is 33.4. The molecule has 1 atom stereocenters. The predicted molar refractivity (Wildman–Crippen MR) is 80.4 cm³/mol. The lowest BCUT2D eigenvalue weighted by Crippen LogP contribution is -2.61. The van der Waals surface area contributed by atoms with Gasteiger partial charge in [-0.1, -0.05) is 0 Å². The molecule has 4 rings (SSSR count). The molecule has 6 nitrogen and oxygen atoms in total. The molecule has 128 valence electrons. The Balaban J connectivity index is 1.52. The van der Waals surface area contributed by atoms with Gasteiger partial charge in [0.05, 0.1) is 25.3 Å². The zero-order valence-corrected chi connectivity index (χ0v) is 13.3. The van der Waals surface area contributed by atoms with Crippen LogP contribution >= 0.6 is 0 Å². The quantitative estimate of drug-likeness (QED) is 0.858. The lowest BCUT2D eigenvalue weighted by Gasteiger charge is -2.42. The molecule has 0 aliphatic carbocycles. The van der Waals surface area contributed by atoms with Gasteiger partial charge in [-0.15, -0.1) is 0 Å². The Kier molecular flexibility index (Phi) is 3.45. The number of halogens is 2. The van der Waals surface area contributed by atoms with Crippen LogP contribution in [0, 0.1) is 6.92 Å². The second kappa shape index (κ2) is 5.41. The minimum Gasteiger partial charge on any atom is -0.465 e. The molecule has 2 aliphatic heterocycles. The molecule has 0 bridgehead atoms. The summed E-state index contributed by atoms with van der Waals surface area (Å²) >= 11 is 0. The van der Waals surface area contributed by atoms with Crippen LogP contribution in [0.4, 0.5) is 8.78 Å². The van der Waals surface area contributed by atoms with E-state index in [1.807, 2.05) is 25.1 Å². The lowest BCUT2D eigenvalue weighted by molar-refractivity contribution is -0.170. The summed E-state index contributed by atoms with van der Waals surface area (Å²) in [6, 6.07) is 5.09. The van der Waals surface area contributed by atoms with E-state index in [0.29, 0.717) is 19.6 Å². The molecule has 0 radical (unpaired) electrons. The third kappa shape index (κ3) is 2.71. The predicted octanol–water partition coefficient (Wildman–Crippen LogP) is 1.82. The number of aromatic nitrogens is 2.